The zero-order chi connectivity index (χ0) is 22.0. The van der Waals surface area contributed by atoms with Crippen LogP contribution >= 0.6 is 12.2 Å². The molecule has 1 aromatic carbocycles. The van der Waals surface area contributed by atoms with Gasteiger partial charge in [-0.25, -0.2) is 4.79 Å². The third-order valence-electron chi connectivity index (χ3n) is 6.27. The fraction of sp³-hybridized carbons (Fsp3) is 0.520. The van der Waals surface area contributed by atoms with Crippen LogP contribution in [-0.4, -0.2) is 18.8 Å². The Labute approximate surface area is 188 Å². The maximum absolute atomic E-state index is 13.1. The number of hydrogen-bond acceptors (Lipinski definition) is 3. The van der Waals surface area contributed by atoms with E-state index in [2.05, 4.69) is 50.3 Å². The lowest BCUT2D eigenvalue weighted by atomic mass is 10.0. The van der Waals surface area contributed by atoms with Crippen molar-refractivity contribution in [3.63, 3.8) is 0 Å². The second kappa shape index (κ2) is 12.2. The first-order valence-corrected chi connectivity index (χ1v) is 14.8. The predicted molar refractivity (Wildman–Crippen MR) is 131 cm³/mol. The number of benzene rings is 1. The standard InChI is InChI=1S/C25H37NO2SSi/c1-5-6-7-8-9-13-18-23(30(3,4)22-16-11-10-12-17-22)21(2)25(27)28-26-20-15-14-19-24(26)29/h10-12,14-17,19-21,23H,5-9,13,18H2,1-4H3/t21-,23-/m0/s1. The van der Waals surface area contributed by atoms with Gasteiger partial charge in [-0.3, -0.25) is 0 Å². The minimum absolute atomic E-state index is 0.176. The van der Waals surface area contributed by atoms with Crippen molar-refractivity contribution in [1.82, 2.24) is 4.73 Å². The van der Waals surface area contributed by atoms with E-state index < -0.39 is 8.07 Å². The summed E-state index contributed by atoms with van der Waals surface area (Å²) in [5, 5.41) is 1.40. The Bertz CT molecular complexity index is 834. The van der Waals surface area contributed by atoms with E-state index in [-0.39, 0.29) is 11.9 Å². The first-order chi connectivity index (χ1) is 14.4. The Morgan fingerprint density at radius 3 is 2.30 bits per heavy atom. The molecule has 0 saturated heterocycles. The zero-order valence-corrected chi connectivity index (χ0v) is 20.8. The van der Waals surface area contributed by atoms with Crippen molar-refractivity contribution in [1.29, 1.82) is 0 Å². The topological polar surface area (TPSA) is 31.2 Å². The van der Waals surface area contributed by atoms with Gasteiger partial charge in [0.05, 0.1) is 14.0 Å². The van der Waals surface area contributed by atoms with Crippen molar-refractivity contribution in [3.05, 3.63) is 59.4 Å². The summed E-state index contributed by atoms with van der Waals surface area (Å²) >= 11 is 5.29. The number of nitrogens with zero attached hydrogens (tertiary/aromatic N) is 1. The molecule has 3 nitrogen and oxygen atoms in total. The zero-order valence-electron chi connectivity index (χ0n) is 19.0. The number of carbonyl (C=O) groups is 1. The fourth-order valence-electron chi connectivity index (χ4n) is 4.29. The van der Waals surface area contributed by atoms with Gasteiger partial charge in [0.15, 0.2) is 0 Å². The number of rotatable bonds is 12. The van der Waals surface area contributed by atoms with Gasteiger partial charge in [0.2, 0.25) is 0 Å². The smallest absolute Gasteiger partial charge is 0.335 e. The van der Waals surface area contributed by atoms with Crippen LogP contribution in [0.3, 0.4) is 0 Å². The lowest BCUT2D eigenvalue weighted by Crippen LogP contribution is -2.50. The second-order valence-corrected chi connectivity index (χ2v) is 14.0. The maximum Gasteiger partial charge on any atom is 0.335 e. The van der Waals surface area contributed by atoms with Gasteiger partial charge >= 0.3 is 5.97 Å². The molecule has 0 amide bonds. The molecule has 0 saturated carbocycles. The van der Waals surface area contributed by atoms with Gasteiger partial charge in [0.25, 0.3) is 0 Å². The third-order valence-corrected chi connectivity index (χ3v) is 11.0. The van der Waals surface area contributed by atoms with Crippen molar-refractivity contribution in [2.75, 3.05) is 0 Å². The van der Waals surface area contributed by atoms with Crippen molar-refractivity contribution in [2.45, 2.75) is 77.4 Å². The minimum atomic E-state index is -1.88. The SMILES string of the molecule is CCCCCCCC[C@@H]([C@H](C)C(=O)On1ccccc1=S)[Si](C)(C)c1ccccc1. The summed E-state index contributed by atoms with van der Waals surface area (Å²) in [7, 11) is -1.88. The van der Waals surface area contributed by atoms with E-state index in [4.69, 9.17) is 17.1 Å². The minimum Gasteiger partial charge on any atom is -0.335 e. The van der Waals surface area contributed by atoms with Crippen LogP contribution in [0, 0.1) is 10.6 Å². The molecule has 0 aliphatic carbocycles. The highest BCUT2D eigenvalue weighted by Crippen LogP contribution is 2.35. The van der Waals surface area contributed by atoms with Crippen LogP contribution in [0.4, 0.5) is 0 Å². The van der Waals surface area contributed by atoms with Gasteiger partial charge in [0.1, 0.15) is 4.64 Å². The Balaban J connectivity index is 2.15. The van der Waals surface area contributed by atoms with Crippen LogP contribution in [0.5, 0.6) is 0 Å². The largest absolute Gasteiger partial charge is 0.335 e. The van der Waals surface area contributed by atoms with Gasteiger partial charge in [-0.1, -0.05) is 126 Å². The molecule has 0 N–H and O–H groups in total. The molecule has 0 radical (unpaired) electrons. The molecular weight excluding hydrogens is 406 g/mol. The van der Waals surface area contributed by atoms with Gasteiger partial charge < -0.3 is 4.84 Å². The maximum atomic E-state index is 13.1. The molecule has 1 heterocycles. The van der Waals surface area contributed by atoms with E-state index in [0.717, 1.165) is 6.42 Å². The number of carbonyl (C=O) groups excluding carboxylic acids is 1. The fourth-order valence-corrected chi connectivity index (χ4v) is 8.26. The van der Waals surface area contributed by atoms with Crippen LogP contribution in [0.25, 0.3) is 0 Å². The van der Waals surface area contributed by atoms with E-state index in [0.29, 0.717) is 10.2 Å². The molecule has 1 aromatic heterocycles. The molecule has 2 aromatic rings. The Kier molecular flexibility index (Phi) is 9.99. The van der Waals surface area contributed by atoms with Crippen LogP contribution in [0.1, 0.15) is 58.8 Å². The van der Waals surface area contributed by atoms with Gasteiger partial charge in [0, 0.05) is 6.20 Å². The summed E-state index contributed by atoms with van der Waals surface area (Å²) in [5.74, 6) is -0.366. The summed E-state index contributed by atoms with van der Waals surface area (Å²) in [5.41, 5.74) is 0.316. The number of unbranched alkanes of at least 4 members (excludes halogenated alkanes) is 5. The van der Waals surface area contributed by atoms with E-state index >= 15 is 0 Å². The molecule has 30 heavy (non-hydrogen) atoms. The molecule has 2 rings (SSSR count). The normalized spacial score (nSPS) is 13.6. The number of aromatic nitrogens is 1. The van der Waals surface area contributed by atoms with Crippen molar-refractivity contribution >= 4 is 31.4 Å². The lowest BCUT2D eigenvalue weighted by molar-refractivity contribution is -0.149. The van der Waals surface area contributed by atoms with Crippen molar-refractivity contribution in [3.8, 4) is 0 Å². The molecule has 164 valence electrons. The Morgan fingerprint density at radius 2 is 1.63 bits per heavy atom. The first kappa shape index (κ1) is 24.5. The molecular formula is C25H37NO2SSi. The number of hydrogen-bond donors (Lipinski definition) is 0. The average Bonchev–Trinajstić information content (AvgIpc) is 2.75. The lowest BCUT2D eigenvalue weighted by Gasteiger charge is -2.36. The monoisotopic (exact) mass is 443 g/mol. The summed E-state index contributed by atoms with van der Waals surface area (Å²) < 4.78 is 1.91. The highest BCUT2D eigenvalue weighted by atomic mass is 32.1. The van der Waals surface area contributed by atoms with Crippen LogP contribution in [-0.2, 0) is 4.79 Å². The highest BCUT2D eigenvalue weighted by molar-refractivity contribution is 7.71. The van der Waals surface area contributed by atoms with E-state index in [1.165, 1.54) is 48.4 Å². The first-order valence-electron chi connectivity index (χ1n) is 11.3. The molecule has 5 heteroatoms. The summed E-state index contributed by atoms with van der Waals surface area (Å²) in [6.45, 7) is 9.06. The summed E-state index contributed by atoms with van der Waals surface area (Å²) in [4.78, 5) is 18.8. The molecule has 0 spiro atoms. The molecule has 0 aliphatic rings. The van der Waals surface area contributed by atoms with Gasteiger partial charge in [-0.2, -0.15) is 4.73 Å². The van der Waals surface area contributed by atoms with Crippen LogP contribution < -0.4 is 10.0 Å². The van der Waals surface area contributed by atoms with Gasteiger partial charge in [-0.05, 0) is 17.7 Å². The van der Waals surface area contributed by atoms with Crippen LogP contribution in [0.2, 0.25) is 18.6 Å². The highest BCUT2D eigenvalue weighted by Gasteiger charge is 2.40. The number of pyridine rings is 1. The molecule has 0 unspecified atom stereocenters. The van der Waals surface area contributed by atoms with Crippen molar-refractivity contribution < 1.29 is 9.63 Å². The summed E-state index contributed by atoms with van der Waals surface area (Å²) in [6.07, 6.45) is 10.3. The quantitative estimate of drug-likeness (QED) is 0.212. The molecule has 2 atom stereocenters. The Hall–Kier alpha value is -1.72. The third kappa shape index (κ3) is 6.91. The predicted octanol–water partition coefficient (Wildman–Crippen LogP) is 6.55. The van der Waals surface area contributed by atoms with Crippen molar-refractivity contribution in [2.24, 2.45) is 5.92 Å². The average molecular weight is 444 g/mol. The molecule has 0 bridgehead atoms. The Morgan fingerprint density at radius 1 is 1.00 bits per heavy atom. The van der Waals surface area contributed by atoms with Gasteiger partial charge in [-0.15, -0.1) is 0 Å². The van der Waals surface area contributed by atoms with E-state index in [1.807, 2.05) is 19.1 Å². The molecule has 0 fully saturated rings. The second-order valence-electron chi connectivity index (χ2n) is 8.81. The van der Waals surface area contributed by atoms with E-state index in [9.17, 15) is 4.79 Å². The van der Waals surface area contributed by atoms with Crippen LogP contribution in [0.15, 0.2) is 54.7 Å². The van der Waals surface area contributed by atoms with E-state index in [1.54, 1.807) is 12.3 Å². The molecule has 0 aliphatic heterocycles. The summed E-state index contributed by atoms with van der Waals surface area (Å²) in [6, 6.07) is 16.2.